The average Bonchev–Trinajstić information content (AvgIpc) is 2.18. The number of morpholine rings is 1. The summed E-state index contributed by atoms with van der Waals surface area (Å²) in [6.45, 7) is 8.02. The first-order valence-electron chi connectivity index (χ1n) is 5.21. The van der Waals surface area contributed by atoms with E-state index in [2.05, 4.69) is 36.2 Å². The lowest BCUT2D eigenvalue weighted by Crippen LogP contribution is -2.49. The van der Waals surface area contributed by atoms with Crippen LogP contribution in [0.1, 0.15) is 13.8 Å². The highest BCUT2D eigenvalue weighted by atomic mass is 16.5. The van der Waals surface area contributed by atoms with Crippen molar-refractivity contribution >= 4 is 0 Å². The van der Waals surface area contributed by atoms with Crippen LogP contribution in [0.3, 0.4) is 0 Å². The Bertz CT molecular complexity index is 264. The van der Waals surface area contributed by atoms with Crippen molar-refractivity contribution in [3.05, 3.63) is 23.4 Å². The number of dihydropyridines is 1. The van der Waals surface area contributed by atoms with Crippen LogP contribution in [0.5, 0.6) is 0 Å². The van der Waals surface area contributed by atoms with Crippen molar-refractivity contribution in [3.63, 3.8) is 0 Å². The summed E-state index contributed by atoms with van der Waals surface area (Å²) in [5.41, 5.74) is 2.60. The van der Waals surface area contributed by atoms with Crippen molar-refractivity contribution in [1.82, 2.24) is 10.2 Å². The number of ether oxygens (including phenoxy) is 1. The Morgan fingerprint density at radius 1 is 1.36 bits per heavy atom. The SMILES string of the molecule is CC1=CC(N2CCOCC2)NC(C)=C1. The first-order valence-corrected chi connectivity index (χ1v) is 5.21. The van der Waals surface area contributed by atoms with E-state index in [9.17, 15) is 0 Å². The standard InChI is InChI=1S/C11H18N2O/c1-9-7-10(2)12-11(8-9)13-3-5-14-6-4-13/h7-8,11-12H,3-6H2,1-2H3. The van der Waals surface area contributed by atoms with Gasteiger partial charge >= 0.3 is 0 Å². The Morgan fingerprint density at radius 2 is 2.07 bits per heavy atom. The minimum Gasteiger partial charge on any atom is -0.379 e. The van der Waals surface area contributed by atoms with Gasteiger partial charge in [-0.05, 0) is 26.0 Å². The van der Waals surface area contributed by atoms with Gasteiger partial charge in [-0.2, -0.15) is 0 Å². The zero-order valence-electron chi connectivity index (χ0n) is 8.92. The van der Waals surface area contributed by atoms with Gasteiger partial charge in [0.25, 0.3) is 0 Å². The lowest BCUT2D eigenvalue weighted by Gasteiger charge is -2.35. The van der Waals surface area contributed by atoms with Gasteiger partial charge in [-0.3, -0.25) is 4.90 Å². The van der Waals surface area contributed by atoms with Crippen LogP contribution in [0.2, 0.25) is 0 Å². The molecular weight excluding hydrogens is 176 g/mol. The Kier molecular flexibility index (Phi) is 2.89. The second-order valence-corrected chi connectivity index (χ2v) is 3.98. The van der Waals surface area contributed by atoms with E-state index in [1.54, 1.807) is 0 Å². The molecule has 2 heterocycles. The summed E-state index contributed by atoms with van der Waals surface area (Å²) in [5.74, 6) is 0. The molecule has 2 aliphatic rings. The van der Waals surface area contributed by atoms with E-state index in [-0.39, 0.29) is 0 Å². The molecule has 1 N–H and O–H groups in total. The van der Waals surface area contributed by atoms with E-state index in [0.29, 0.717) is 6.17 Å². The summed E-state index contributed by atoms with van der Waals surface area (Å²) in [7, 11) is 0. The first-order chi connectivity index (χ1) is 6.75. The van der Waals surface area contributed by atoms with Crippen LogP contribution in [0.4, 0.5) is 0 Å². The number of nitrogens with one attached hydrogen (secondary N) is 1. The first kappa shape index (κ1) is 9.74. The van der Waals surface area contributed by atoms with Crippen LogP contribution in [0.15, 0.2) is 23.4 Å². The van der Waals surface area contributed by atoms with Gasteiger partial charge in [-0.15, -0.1) is 0 Å². The summed E-state index contributed by atoms with van der Waals surface area (Å²) in [5, 5.41) is 3.47. The van der Waals surface area contributed by atoms with E-state index >= 15 is 0 Å². The lowest BCUT2D eigenvalue weighted by atomic mass is 10.1. The monoisotopic (exact) mass is 194 g/mol. The quantitative estimate of drug-likeness (QED) is 0.676. The largest absolute Gasteiger partial charge is 0.379 e. The maximum atomic E-state index is 5.34. The van der Waals surface area contributed by atoms with Crippen molar-refractivity contribution in [1.29, 1.82) is 0 Å². The van der Waals surface area contributed by atoms with Gasteiger partial charge in [0, 0.05) is 18.8 Å². The Morgan fingerprint density at radius 3 is 2.71 bits per heavy atom. The van der Waals surface area contributed by atoms with Gasteiger partial charge in [0.05, 0.1) is 19.4 Å². The van der Waals surface area contributed by atoms with E-state index in [4.69, 9.17) is 4.74 Å². The molecule has 0 aromatic rings. The van der Waals surface area contributed by atoms with Gasteiger partial charge in [0.15, 0.2) is 0 Å². The van der Waals surface area contributed by atoms with Crippen LogP contribution >= 0.6 is 0 Å². The molecule has 0 aromatic heterocycles. The summed E-state index contributed by atoms with van der Waals surface area (Å²) in [6, 6.07) is 0. The number of nitrogens with zero attached hydrogens (tertiary/aromatic N) is 1. The van der Waals surface area contributed by atoms with E-state index in [1.165, 1.54) is 11.3 Å². The molecule has 0 bridgehead atoms. The molecule has 1 unspecified atom stereocenters. The molecule has 0 amide bonds. The van der Waals surface area contributed by atoms with Crippen molar-refractivity contribution in [2.75, 3.05) is 26.3 Å². The molecule has 1 saturated heterocycles. The smallest absolute Gasteiger partial charge is 0.0990 e. The third-order valence-electron chi connectivity index (χ3n) is 2.68. The maximum Gasteiger partial charge on any atom is 0.0990 e. The zero-order valence-corrected chi connectivity index (χ0v) is 8.92. The maximum absolute atomic E-state index is 5.34. The molecule has 1 fully saturated rings. The van der Waals surface area contributed by atoms with Crippen LogP contribution in [-0.2, 0) is 4.74 Å². The van der Waals surface area contributed by atoms with Gasteiger partial charge in [0.2, 0.25) is 0 Å². The minimum absolute atomic E-state index is 0.365. The van der Waals surface area contributed by atoms with Crippen LogP contribution in [0, 0.1) is 0 Å². The van der Waals surface area contributed by atoms with Crippen molar-refractivity contribution < 1.29 is 4.74 Å². The molecule has 1 atom stereocenters. The van der Waals surface area contributed by atoms with Crippen molar-refractivity contribution in [2.45, 2.75) is 20.0 Å². The fourth-order valence-corrected chi connectivity index (χ4v) is 2.01. The summed E-state index contributed by atoms with van der Waals surface area (Å²) < 4.78 is 5.34. The number of allylic oxidation sites excluding steroid dienone is 3. The number of hydrogen-bond acceptors (Lipinski definition) is 3. The minimum atomic E-state index is 0.365. The zero-order chi connectivity index (χ0) is 9.97. The second kappa shape index (κ2) is 4.15. The van der Waals surface area contributed by atoms with E-state index in [1.807, 2.05) is 0 Å². The number of hydrogen-bond donors (Lipinski definition) is 1. The average molecular weight is 194 g/mol. The topological polar surface area (TPSA) is 24.5 Å². The van der Waals surface area contributed by atoms with Crippen molar-refractivity contribution in [3.8, 4) is 0 Å². The molecular formula is C11H18N2O. The molecule has 0 aliphatic carbocycles. The molecule has 78 valence electrons. The highest BCUT2D eigenvalue weighted by molar-refractivity contribution is 5.26. The fraction of sp³-hybridized carbons (Fsp3) is 0.636. The molecule has 0 aromatic carbocycles. The second-order valence-electron chi connectivity index (χ2n) is 3.98. The molecule has 0 saturated carbocycles. The molecule has 2 aliphatic heterocycles. The summed E-state index contributed by atoms with van der Waals surface area (Å²) in [4.78, 5) is 2.42. The molecule has 0 spiro atoms. The third-order valence-corrected chi connectivity index (χ3v) is 2.68. The molecule has 3 nitrogen and oxygen atoms in total. The lowest BCUT2D eigenvalue weighted by molar-refractivity contribution is 0.0209. The van der Waals surface area contributed by atoms with Crippen LogP contribution in [-0.4, -0.2) is 37.4 Å². The third kappa shape index (κ3) is 2.16. The summed E-state index contributed by atoms with van der Waals surface area (Å²) in [6.07, 6.45) is 4.82. The van der Waals surface area contributed by atoms with Gasteiger partial charge in [-0.1, -0.05) is 5.57 Å². The Labute approximate surface area is 85.4 Å². The highest BCUT2D eigenvalue weighted by Crippen LogP contribution is 2.13. The predicted octanol–water partition coefficient (Wildman–Crippen LogP) is 1.10. The van der Waals surface area contributed by atoms with Gasteiger partial charge in [-0.25, -0.2) is 0 Å². The Balaban J connectivity index is 2.01. The predicted molar refractivity (Wildman–Crippen MR) is 56.8 cm³/mol. The van der Waals surface area contributed by atoms with Crippen LogP contribution < -0.4 is 5.32 Å². The molecule has 14 heavy (non-hydrogen) atoms. The summed E-state index contributed by atoms with van der Waals surface area (Å²) >= 11 is 0. The van der Waals surface area contributed by atoms with Gasteiger partial charge < -0.3 is 10.1 Å². The fourth-order valence-electron chi connectivity index (χ4n) is 2.01. The Hall–Kier alpha value is -0.800. The normalized spacial score (nSPS) is 29.1. The molecule has 3 heteroatoms. The van der Waals surface area contributed by atoms with Gasteiger partial charge in [0.1, 0.15) is 0 Å². The van der Waals surface area contributed by atoms with Crippen LogP contribution in [0.25, 0.3) is 0 Å². The molecule has 0 radical (unpaired) electrons. The van der Waals surface area contributed by atoms with E-state index < -0.39 is 0 Å². The highest BCUT2D eigenvalue weighted by Gasteiger charge is 2.20. The van der Waals surface area contributed by atoms with Crippen molar-refractivity contribution in [2.24, 2.45) is 0 Å². The number of rotatable bonds is 1. The molecule has 2 rings (SSSR count). The van der Waals surface area contributed by atoms with E-state index in [0.717, 1.165) is 26.3 Å².